The van der Waals surface area contributed by atoms with Crippen LogP contribution in [0.5, 0.6) is 0 Å². The molecule has 2 atom stereocenters. The fraction of sp³-hybridized carbons (Fsp3) is 0.905. The Hall–Kier alpha value is -1.25. The molecule has 0 aromatic heterocycles. The van der Waals surface area contributed by atoms with Crippen molar-refractivity contribution in [2.24, 2.45) is 0 Å². The highest BCUT2D eigenvalue weighted by atomic mass is 31.2. The molecule has 9 nitrogen and oxygen atoms in total. The van der Waals surface area contributed by atoms with Gasteiger partial charge >= 0.3 is 11.9 Å². The summed E-state index contributed by atoms with van der Waals surface area (Å²) >= 11 is 0. The van der Waals surface area contributed by atoms with Crippen molar-refractivity contribution in [2.75, 3.05) is 47.5 Å². The Balaban J connectivity index is 4.33. The van der Waals surface area contributed by atoms with Gasteiger partial charge in [-0.3, -0.25) is 14.2 Å². The summed E-state index contributed by atoms with van der Waals surface area (Å²) in [6.07, 6.45) is 34.1. The van der Waals surface area contributed by atoms with Gasteiger partial charge in [0.05, 0.1) is 27.7 Å². The van der Waals surface area contributed by atoms with Crippen LogP contribution in [0.1, 0.15) is 193 Å². The minimum atomic E-state index is -4.62. The van der Waals surface area contributed by atoms with E-state index in [-0.39, 0.29) is 32.0 Å². The summed E-state index contributed by atoms with van der Waals surface area (Å²) < 4.78 is 33.9. The second kappa shape index (κ2) is 35.5. The number of nitrogens with zero attached hydrogens (tertiary/aromatic N) is 1. The second-order valence-electron chi connectivity index (χ2n) is 15.8. The quantitative estimate of drug-likeness (QED) is 0.0200. The molecule has 0 radical (unpaired) electrons. The highest BCUT2D eigenvalue weighted by Gasteiger charge is 2.21. The predicted molar refractivity (Wildman–Crippen MR) is 213 cm³/mol. The van der Waals surface area contributed by atoms with Gasteiger partial charge in [0.1, 0.15) is 19.8 Å². The minimum absolute atomic E-state index is 0.0282. The molecule has 0 spiro atoms. The van der Waals surface area contributed by atoms with Gasteiger partial charge < -0.3 is 27.9 Å². The van der Waals surface area contributed by atoms with Crippen LogP contribution in [0.15, 0.2) is 12.7 Å². The molecule has 0 amide bonds. The van der Waals surface area contributed by atoms with Gasteiger partial charge in [-0.25, -0.2) is 0 Å². The fourth-order valence-corrected chi connectivity index (χ4v) is 6.78. The third kappa shape index (κ3) is 38.5. The smallest absolute Gasteiger partial charge is 0.306 e. The van der Waals surface area contributed by atoms with E-state index >= 15 is 0 Å². The molecule has 0 N–H and O–H groups in total. The highest BCUT2D eigenvalue weighted by Crippen LogP contribution is 2.38. The van der Waals surface area contributed by atoms with E-state index in [0.29, 0.717) is 17.4 Å². The van der Waals surface area contributed by atoms with Crippen molar-refractivity contribution < 1.29 is 42.1 Å². The number of carbonyl (C=O) groups is 2. The van der Waals surface area contributed by atoms with Gasteiger partial charge in [0.25, 0.3) is 7.82 Å². The monoisotopic (exact) mass is 760 g/mol. The zero-order valence-electron chi connectivity index (χ0n) is 34.4. The van der Waals surface area contributed by atoms with E-state index in [1.165, 1.54) is 122 Å². The molecule has 0 saturated carbocycles. The molecule has 0 aromatic rings. The van der Waals surface area contributed by atoms with E-state index in [1.54, 1.807) is 0 Å². The summed E-state index contributed by atoms with van der Waals surface area (Å²) in [5, 5.41) is 0. The fourth-order valence-electron chi connectivity index (χ4n) is 6.05. The van der Waals surface area contributed by atoms with Gasteiger partial charge in [-0.05, 0) is 25.7 Å². The number of phosphoric acid groups is 1. The van der Waals surface area contributed by atoms with Crippen LogP contribution in [0, 0.1) is 0 Å². The van der Waals surface area contributed by atoms with Gasteiger partial charge in [0, 0.05) is 12.8 Å². The van der Waals surface area contributed by atoms with Crippen LogP contribution in [0.2, 0.25) is 0 Å². The maximum Gasteiger partial charge on any atom is 0.306 e. The van der Waals surface area contributed by atoms with E-state index < -0.39 is 26.5 Å². The van der Waals surface area contributed by atoms with Crippen molar-refractivity contribution in [1.82, 2.24) is 0 Å². The topological polar surface area (TPSA) is 111 Å². The third-order valence-electron chi connectivity index (χ3n) is 9.43. The molecule has 1 unspecified atom stereocenters. The van der Waals surface area contributed by atoms with E-state index in [0.717, 1.165) is 44.9 Å². The number of esters is 2. The van der Waals surface area contributed by atoms with Crippen LogP contribution in [-0.2, 0) is 32.7 Å². The molecule has 10 heteroatoms. The summed E-state index contributed by atoms with van der Waals surface area (Å²) in [6, 6.07) is 0. The Morgan fingerprint density at radius 2 is 1.02 bits per heavy atom. The Labute approximate surface area is 320 Å². The Kier molecular flexibility index (Phi) is 34.6. The third-order valence-corrected chi connectivity index (χ3v) is 10.4. The van der Waals surface area contributed by atoms with Crippen molar-refractivity contribution in [3.8, 4) is 0 Å². The average molecular weight is 760 g/mol. The lowest BCUT2D eigenvalue weighted by atomic mass is 10.0. The first kappa shape index (κ1) is 50.8. The van der Waals surface area contributed by atoms with Crippen molar-refractivity contribution in [1.29, 1.82) is 0 Å². The Morgan fingerprint density at radius 1 is 0.615 bits per heavy atom. The molecule has 0 aromatic carbocycles. The first-order chi connectivity index (χ1) is 25.0. The molecule has 52 heavy (non-hydrogen) atoms. The van der Waals surface area contributed by atoms with Gasteiger partial charge in [-0.1, -0.05) is 161 Å². The number of hydrogen-bond acceptors (Lipinski definition) is 8. The number of phosphoric ester groups is 1. The summed E-state index contributed by atoms with van der Waals surface area (Å²) in [5.74, 6) is -0.829. The van der Waals surface area contributed by atoms with Crippen LogP contribution < -0.4 is 4.89 Å². The van der Waals surface area contributed by atoms with Gasteiger partial charge in [0.15, 0.2) is 6.10 Å². The molecule has 0 fully saturated rings. The van der Waals surface area contributed by atoms with Crippen LogP contribution in [0.3, 0.4) is 0 Å². The number of rotatable bonds is 40. The van der Waals surface area contributed by atoms with Crippen molar-refractivity contribution in [3.63, 3.8) is 0 Å². The lowest BCUT2D eigenvalue weighted by Gasteiger charge is -2.28. The molecule has 0 aliphatic carbocycles. The van der Waals surface area contributed by atoms with Gasteiger partial charge in [-0.2, -0.15) is 0 Å². The zero-order valence-corrected chi connectivity index (χ0v) is 35.3. The molecular weight excluding hydrogens is 677 g/mol. The standard InChI is InChI=1S/C42H82NO8P/c1-6-8-10-12-14-16-18-20-21-23-25-27-29-31-33-35-42(45)51-40(39-50-52(46,47)49-37-36-43(3,4)5)38-48-41(44)34-32-30-28-26-24-22-19-17-15-13-11-9-7-2/h6,40H,1,7-39H2,2-5H3/t40-/m1/s1. The van der Waals surface area contributed by atoms with Gasteiger partial charge in [0.2, 0.25) is 0 Å². The van der Waals surface area contributed by atoms with Crippen molar-refractivity contribution >= 4 is 19.8 Å². The van der Waals surface area contributed by atoms with Crippen molar-refractivity contribution in [2.45, 2.75) is 199 Å². The van der Waals surface area contributed by atoms with Gasteiger partial charge in [-0.15, -0.1) is 6.58 Å². The van der Waals surface area contributed by atoms with E-state index in [2.05, 4.69) is 13.5 Å². The molecule has 0 rings (SSSR count). The van der Waals surface area contributed by atoms with Crippen LogP contribution >= 0.6 is 7.82 Å². The summed E-state index contributed by atoms with van der Waals surface area (Å²) in [6.45, 7) is 5.76. The second-order valence-corrected chi connectivity index (χ2v) is 17.2. The Morgan fingerprint density at radius 3 is 1.44 bits per heavy atom. The molecule has 0 bridgehead atoms. The molecular formula is C42H82NO8P. The normalized spacial score (nSPS) is 13.5. The maximum atomic E-state index is 12.6. The minimum Gasteiger partial charge on any atom is -0.756 e. The number of likely N-dealkylation sites (N-methyl/N-ethyl adjacent to an activating group) is 1. The largest absolute Gasteiger partial charge is 0.756 e. The van der Waals surface area contributed by atoms with Crippen LogP contribution in [-0.4, -0.2) is 70.0 Å². The average Bonchev–Trinajstić information content (AvgIpc) is 3.09. The summed E-state index contributed by atoms with van der Waals surface area (Å²) in [5.41, 5.74) is 0. The molecule has 0 saturated heterocycles. The predicted octanol–water partition coefficient (Wildman–Crippen LogP) is 11.2. The first-order valence-electron chi connectivity index (χ1n) is 21.4. The molecule has 0 aliphatic rings. The molecule has 0 aliphatic heterocycles. The number of unbranched alkanes of at least 4 members (excludes halogenated alkanes) is 25. The lowest BCUT2D eigenvalue weighted by Crippen LogP contribution is -2.37. The lowest BCUT2D eigenvalue weighted by molar-refractivity contribution is -0.870. The molecule has 0 heterocycles. The summed E-state index contributed by atoms with van der Waals surface area (Å²) in [7, 11) is 1.17. The SMILES string of the molecule is C=CCCCCCCCCCCCCCCCC(=O)O[C@H](COC(=O)CCCCCCCCCCCCCCC)COP(=O)([O-])OCC[N+](C)(C)C. The maximum absolute atomic E-state index is 12.6. The van der Waals surface area contributed by atoms with E-state index in [4.69, 9.17) is 18.5 Å². The Bertz CT molecular complexity index is 894. The number of ether oxygens (including phenoxy) is 2. The van der Waals surface area contributed by atoms with Crippen molar-refractivity contribution in [3.05, 3.63) is 12.7 Å². The number of hydrogen-bond donors (Lipinski definition) is 0. The van der Waals surface area contributed by atoms with E-state index in [9.17, 15) is 19.0 Å². The number of quaternary nitrogens is 1. The van der Waals surface area contributed by atoms with Crippen LogP contribution in [0.4, 0.5) is 0 Å². The number of allylic oxidation sites excluding steroid dienone is 1. The first-order valence-corrected chi connectivity index (χ1v) is 22.8. The highest BCUT2D eigenvalue weighted by molar-refractivity contribution is 7.45. The molecule has 308 valence electrons. The summed E-state index contributed by atoms with van der Waals surface area (Å²) in [4.78, 5) is 37.4. The van der Waals surface area contributed by atoms with E-state index in [1.807, 2.05) is 27.2 Å². The zero-order chi connectivity index (χ0) is 38.6. The van der Waals surface area contributed by atoms with Crippen LogP contribution in [0.25, 0.3) is 0 Å². The number of carbonyl (C=O) groups excluding carboxylic acids is 2.